The molecule has 0 fully saturated rings. The van der Waals surface area contributed by atoms with Crippen LogP contribution in [-0.4, -0.2) is 61.7 Å². The molecule has 0 saturated carbocycles. The number of carbonyl (C=O) groups is 2. The van der Waals surface area contributed by atoms with Crippen molar-refractivity contribution in [2.75, 3.05) is 13.2 Å². The van der Waals surface area contributed by atoms with Gasteiger partial charge in [0.05, 0.1) is 17.2 Å². The molecule has 5 aromatic rings. The van der Waals surface area contributed by atoms with Crippen LogP contribution in [0.15, 0.2) is 71.4 Å². The van der Waals surface area contributed by atoms with Crippen molar-refractivity contribution in [2.24, 2.45) is 0 Å². The first-order valence-electron chi connectivity index (χ1n) is 18.1. The number of carbonyl (C=O) groups excluding carboxylic acids is 1. The number of carboxylic acids is 1. The molecule has 0 saturated heterocycles. The molecule has 5 rings (SSSR count). The summed E-state index contributed by atoms with van der Waals surface area (Å²) in [4.78, 5) is 27.9. The number of rotatable bonds is 16. The summed E-state index contributed by atoms with van der Waals surface area (Å²) in [6.07, 6.45) is 2.85. The quantitative estimate of drug-likeness (QED) is 0.0789. The van der Waals surface area contributed by atoms with Crippen molar-refractivity contribution in [2.45, 2.75) is 78.9 Å². The summed E-state index contributed by atoms with van der Waals surface area (Å²) < 4.78 is 23.7. The molecule has 2 aromatic heterocycles. The van der Waals surface area contributed by atoms with Gasteiger partial charge in [0.25, 0.3) is 0 Å². The second-order valence-electron chi connectivity index (χ2n) is 14.6. The first-order valence-corrected chi connectivity index (χ1v) is 18.5. The third kappa shape index (κ3) is 10.9. The number of halogens is 1. The fourth-order valence-corrected chi connectivity index (χ4v) is 5.97. The summed E-state index contributed by atoms with van der Waals surface area (Å²) in [7, 11) is 0. The van der Waals surface area contributed by atoms with E-state index in [1.807, 2.05) is 50.2 Å². The zero-order chi connectivity index (χ0) is 41.3. The highest BCUT2D eigenvalue weighted by Gasteiger charge is 2.32. The highest BCUT2D eigenvalue weighted by atomic mass is 35.5. The number of aliphatic hydroxyl groups is 1. The number of benzene rings is 3. The van der Waals surface area contributed by atoms with E-state index in [0.717, 1.165) is 33.4 Å². The van der Waals surface area contributed by atoms with E-state index in [1.165, 1.54) is 13.1 Å². The molecule has 4 N–H and O–H groups in total. The average molecular weight is 797 g/mol. The first kappa shape index (κ1) is 42.1. The molecule has 0 aliphatic heterocycles. The standard InChI is InChI=1S/C42H45ClN6O8/c1-25-29(9-7-10-31(25)32-11-8-12-33(26(32)2)38-49-48-37(56-38)13-14-46-40(53)57-41(3,4)5)23-55-36-17-35(54-22-28-15-27(18-44)19-45-20-28)30(16-34(36)43)21-47-42(6,24-50)39(51)52/h7-12,15-17,19-20,47,50H,13-14,21-24H2,1-6H3,(H,46,53)(H,51,52). The zero-order valence-corrected chi connectivity index (χ0v) is 33.4. The topological polar surface area (TPSA) is 202 Å². The van der Waals surface area contributed by atoms with Crippen molar-refractivity contribution in [3.8, 4) is 40.1 Å². The Hall–Kier alpha value is -6.01. The number of nitriles is 1. The lowest BCUT2D eigenvalue weighted by molar-refractivity contribution is -0.145. The Bertz CT molecular complexity index is 2280. The van der Waals surface area contributed by atoms with Crippen LogP contribution in [0.2, 0.25) is 5.02 Å². The van der Waals surface area contributed by atoms with Crippen LogP contribution in [0.25, 0.3) is 22.6 Å². The molecule has 3 aromatic carbocycles. The maximum atomic E-state index is 12.0. The minimum atomic E-state index is -1.61. The molecule has 2 heterocycles. The third-order valence-corrected chi connectivity index (χ3v) is 9.34. The van der Waals surface area contributed by atoms with Crippen LogP contribution in [0.1, 0.15) is 67.0 Å². The monoisotopic (exact) mass is 796 g/mol. The summed E-state index contributed by atoms with van der Waals surface area (Å²) in [5.41, 5.74) is 4.88. The van der Waals surface area contributed by atoms with Crippen molar-refractivity contribution >= 4 is 23.7 Å². The first-order chi connectivity index (χ1) is 27.1. The number of aliphatic hydroxyl groups excluding tert-OH is 1. The van der Waals surface area contributed by atoms with Crippen LogP contribution in [0.4, 0.5) is 4.79 Å². The smallest absolute Gasteiger partial charge is 0.407 e. The van der Waals surface area contributed by atoms with E-state index in [2.05, 4.69) is 31.9 Å². The molecule has 1 atom stereocenters. The summed E-state index contributed by atoms with van der Waals surface area (Å²) in [5.74, 6) is 0.216. The van der Waals surface area contributed by atoms with Crippen LogP contribution in [0, 0.1) is 25.2 Å². The Labute approximate surface area is 335 Å². The molecule has 0 radical (unpaired) electrons. The minimum Gasteiger partial charge on any atom is -0.488 e. The predicted molar refractivity (Wildman–Crippen MR) is 212 cm³/mol. The van der Waals surface area contributed by atoms with Gasteiger partial charge in [-0.05, 0) is 87.6 Å². The van der Waals surface area contributed by atoms with Crippen molar-refractivity contribution in [3.05, 3.63) is 111 Å². The van der Waals surface area contributed by atoms with Crippen LogP contribution >= 0.6 is 11.6 Å². The fraction of sp³-hybridized carbons (Fsp3) is 0.333. The third-order valence-electron chi connectivity index (χ3n) is 9.05. The van der Waals surface area contributed by atoms with Gasteiger partial charge in [0.15, 0.2) is 0 Å². The van der Waals surface area contributed by atoms with Crippen LogP contribution in [0.5, 0.6) is 11.5 Å². The van der Waals surface area contributed by atoms with Gasteiger partial charge >= 0.3 is 12.1 Å². The Morgan fingerprint density at radius 3 is 2.32 bits per heavy atom. The lowest BCUT2D eigenvalue weighted by Crippen LogP contribution is -2.52. The number of pyridine rings is 1. The second kappa shape index (κ2) is 18.3. The average Bonchev–Trinajstić information content (AvgIpc) is 3.64. The Morgan fingerprint density at radius 1 is 0.912 bits per heavy atom. The second-order valence-corrected chi connectivity index (χ2v) is 15.0. The van der Waals surface area contributed by atoms with Crippen molar-refractivity contribution in [3.63, 3.8) is 0 Å². The summed E-state index contributed by atoms with van der Waals surface area (Å²) in [6, 6.07) is 18.8. The molecule has 0 bridgehead atoms. The van der Waals surface area contributed by atoms with E-state index in [1.54, 1.807) is 45.2 Å². The number of aliphatic carboxylic acids is 1. The van der Waals surface area contributed by atoms with Gasteiger partial charge < -0.3 is 34.2 Å². The lowest BCUT2D eigenvalue weighted by Gasteiger charge is -2.25. The molecule has 0 aliphatic rings. The van der Waals surface area contributed by atoms with Crippen molar-refractivity contribution in [1.29, 1.82) is 5.26 Å². The molecule has 14 nitrogen and oxygen atoms in total. The number of hydrogen-bond acceptors (Lipinski definition) is 12. The van der Waals surface area contributed by atoms with Gasteiger partial charge in [0.2, 0.25) is 11.8 Å². The highest BCUT2D eigenvalue weighted by Crippen LogP contribution is 2.37. The maximum absolute atomic E-state index is 12.0. The molecule has 0 aliphatic carbocycles. The van der Waals surface area contributed by atoms with Crippen molar-refractivity contribution < 1.29 is 38.4 Å². The lowest BCUT2D eigenvalue weighted by atomic mass is 9.91. The fourth-order valence-electron chi connectivity index (χ4n) is 5.73. The number of nitrogens with zero attached hydrogens (tertiary/aromatic N) is 4. The summed E-state index contributed by atoms with van der Waals surface area (Å²) in [6.45, 7) is 10.6. The van der Waals surface area contributed by atoms with Crippen molar-refractivity contribution in [1.82, 2.24) is 25.8 Å². The molecular formula is C42H45ClN6O8. The Balaban J connectivity index is 1.34. The van der Waals surface area contributed by atoms with Gasteiger partial charge in [-0.15, -0.1) is 10.2 Å². The summed E-state index contributed by atoms with van der Waals surface area (Å²) in [5, 5.41) is 43.0. The van der Waals surface area contributed by atoms with Gasteiger partial charge in [0, 0.05) is 54.7 Å². The molecule has 1 amide bonds. The highest BCUT2D eigenvalue weighted by molar-refractivity contribution is 6.32. The zero-order valence-electron chi connectivity index (χ0n) is 32.6. The van der Waals surface area contributed by atoms with Gasteiger partial charge in [-0.25, -0.2) is 4.79 Å². The molecule has 1 unspecified atom stereocenters. The number of carboxylic acid groups (broad SMARTS) is 1. The van der Waals surface area contributed by atoms with Crippen LogP contribution in [-0.2, 0) is 35.7 Å². The van der Waals surface area contributed by atoms with Gasteiger partial charge in [-0.3, -0.25) is 15.1 Å². The van der Waals surface area contributed by atoms with E-state index in [4.69, 9.17) is 30.2 Å². The number of alkyl carbamates (subject to hydrolysis) is 1. The largest absolute Gasteiger partial charge is 0.488 e. The number of ether oxygens (including phenoxy) is 3. The van der Waals surface area contributed by atoms with Gasteiger partial charge in [-0.2, -0.15) is 5.26 Å². The van der Waals surface area contributed by atoms with Crippen LogP contribution in [0.3, 0.4) is 0 Å². The maximum Gasteiger partial charge on any atom is 0.407 e. The van der Waals surface area contributed by atoms with E-state index in [9.17, 15) is 25.1 Å². The van der Waals surface area contributed by atoms with Gasteiger partial charge in [0.1, 0.15) is 41.9 Å². The SMILES string of the molecule is Cc1c(COc2cc(OCc3cncc(C#N)c3)c(CNC(C)(CO)C(=O)O)cc2Cl)cccc1-c1cccc(-c2nnc(CCNC(=O)OC(C)(C)C)o2)c1C. The van der Waals surface area contributed by atoms with E-state index in [-0.39, 0.29) is 31.3 Å². The number of aromatic nitrogens is 3. The Morgan fingerprint density at radius 2 is 1.61 bits per heavy atom. The molecule has 57 heavy (non-hydrogen) atoms. The molecule has 15 heteroatoms. The number of amides is 1. The predicted octanol–water partition coefficient (Wildman–Crippen LogP) is 7.09. The molecular weight excluding hydrogens is 752 g/mol. The van der Waals surface area contributed by atoms with Crippen LogP contribution < -0.4 is 20.1 Å². The van der Waals surface area contributed by atoms with E-state index >= 15 is 0 Å². The molecule has 298 valence electrons. The summed E-state index contributed by atoms with van der Waals surface area (Å²) >= 11 is 6.74. The van der Waals surface area contributed by atoms with E-state index < -0.39 is 29.8 Å². The number of nitrogens with one attached hydrogen (secondary N) is 2. The van der Waals surface area contributed by atoms with E-state index in [0.29, 0.717) is 46.4 Å². The minimum absolute atomic E-state index is 0.00492. The Kier molecular flexibility index (Phi) is 13.5. The molecule has 0 spiro atoms. The van der Waals surface area contributed by atoms with Gasteiger partial charge in [-0.1, -0.05) is 41.9 Å². The normalized spacial score (nSPS) is 12.3. The number of hydrogen-bond donors (Lipinski definition) is 4.